The Morgan fingerprint density at radius 1 is 1.35 bits per heavy atom. The van der Waals surface area contributed by atoms with Crippen LogP contribution in [0, 0.1) is 0 Å². The zero-order valence-electron chi connectivity index (χ0n) is 11.5. The van der Waals surface area contributed by atoms with E-state index in [9.17, 15) is 4.79 Å². The molecule has 0 aliphatic carbocycles. The van der Waals surface area contributed by atoms with Crippen LogP contribution in [0.25, 0.3) is 0 Å². The lowest BCUT2D eigenvalue weighted by Gasteiger charge is -2.22. The molecule has 1 aromatic rings. The molecule has 110 valence electrons. The van der Waals surface area contributed by atoms with Crippen molar-refractivity contribution in [3.05, 3.63) is 34.9 Å². The van der Waals surface area contributed by atoms with Crippen LogP contribution in [0.4, 0.5) is 0 Å². The second kappa shape index (κ2) is 8.89. The molecule has 0 heterocycles. The van der Waals surface area contributed by atoms with Crippen molar-refractivity contribution in [3.63, 3.8) is 0 Å². The Morgan fingerprint density at radius 3 is 2.55 bits per heavy atom. The quantitative estimate of drug-likeness (QED) is 0.746. The minimum absolute atomic E-state index is 0.0284. The minimum Gasteiger partial charge on any atom is -0.393 e. The summed E-state index contributed by atoms with van der Waals surface area (Å²) >= 11 is 10.7. The number of methoxy groups -OCH3 is 1. The maximum atomic E-state index is 12.3. The Balaban J connectivity index is 2.61. The molecule has 1 rings (SSSR count). The van der Waals surface area contributed by atoms with Gasteiger partial charge in [0, 0.05) is 31.6 Å². The van der Waals surface area contributed by atoms with Crippen molar-refractivity contribution < 1.29 is 9.53 Å². The van der Waals surface area contributed by atoms with E-state index in [1.165, 1.54) is 0 Å². The fourth-order valence-corrected chi connectivity index (χ4v) is 1.91. The summed E-state index contributed by atoms with van der Waals surface area (Å²) in [6, 6.07) is 7.25. The molecule has 0 saturated heterocycles. The van der Waals surface area contributed by atoms with E-state index < -0.39 is 0 Å². The summed E-state index contributed by atoms with van der Waals surface area (Å²) < 4.78 is 5.02. The highest BCUT2D eigenvalue weighted by molar-refractivity contribution is 7.80. The third kappa shape index (κ3) is 6.32. The number of rotatable bonds is 8. The number of carbonyl (C=O) groups excluding carboxylic acids is 1. The third-order valence-corrected chi connectivity index (χ3v) is 3.27. The molecule has 4 nitrogen and oxygen atoms in total. The van der Waals surface area contributed by atoms with Gasteiger partial charge >= 0.3 is 0 Å². The number of amides is 1. The predicted molar refractivity (Wildman–Crippen MR) is 85.0 cm³/mol. The fraction of sp³-hybridized carbons (Fsp3) is 0.429. The van der Waals surface area contributed by atoms with E-state index in [1.54, 1.807) is 24.1 Å². The molecule has 6 heteroatoms. The van der Waals surface area contributed by atoms with Gasteiger partial charge in [0.25, 0.3) is 0 Å². The summed E-state index contributed by atoms with van der Waals surface area (Å²) in [7, 11) is 1.61. The van der Waals surface area contributed by atoms with Crippen LogP contribution in [0.15, 0.2) is 24.3 Å². The predicted octanol–water partition coefficient (Wildman–Crippen LogP) is 2.03. The Bertz CT molecular complexity index is 451. The second-order valence-electron chi connectivity index (χ2n) is 4.39. The van der Waals surface area contributed by atoms with Crippen LogP contribution in [0.1, 0.15) is 12.0 Å². The molecule has 2 N–H and O–H groups in total. The Hall–Kier alpha value is -1.17. The first kappa shape index (κ1) is 16.9. The van der Waals surface area contributed by atoms with Crippen molar-refractivity contribution in [2.45, 2.75) is 12.8 Å². The van der Waals surface area contributed by atoms with Crippen molar-refractivity contribution in [1.82, 2.24) is 4.90 Å². The van der Waals surface area contributed by atoms with E-state index in [0.29, 0.717) is 42.5 Å². The molecular weight excluding hydrogens is 296 g/mol. The van der Waals surface area contributed by atoms with Crippen LogP contribution in [0.5, 0.6) is 0 Å². The normalized spacial score (nSPS) is 10.3. The number of benzene rings is 1. The standard InChI is InChI=1S/C14H19ClN2O2S/c1-19-9-8-17(7-6-13(16)20)14(18)10-11-2-4-12(15)5-3-11/h2-5H,6-10H2,1H3,(H2,16,20). The number of hydrogen-bond acceptors (Lipinski definition) is 3. The van der Waals surface area contributed by atoms with Crippen LogP contribution in [0.2, 0.25) is 5.02 Å². The van der Waals surface area contributed by atoms with Crippen LogP contribution in [0.3, 0.4) is 0 Å². The molecule has 1 amide bonds. The molecular formula is C14H19ClN2O2S. The van der Waals surface area contributed by atoms with Gasteiger partial charge in [-0.25, -0.2) is 0 Å². The fourth-order valence-electron chi connectivity index (χ4n) is 1.70. The van der Waals surface area contributed by atoms with Crippen molar-refractivity contribution in [3.8, 4) is 0 Å². The first-order chi connectivity index (χ1) is 9.52. The molecule has 0 spiro atoms. The van der Waals surface area contributed by atoms with E-state index in [2.05, 4.69) is 0 Å². The van der Waals surface area contributed by atoms with Crippen LogP contribution in [-0.4, -0.2) is 42.6 Å². The molecule has 0 atom stereocenters. The SMILES string of the molecule is COCCN(CCC(N)=S)C(=O)Cc1ccc(Cl)cc1. The Labute approximate surface area is 129 Å². The van der Waals surface area contributed by atoms with Crippen LogP contribution >= 0.6 is 23.8 Å². The van der Waals surface area contributed by atoms with Gasteiger partial charge in [-0.3, -0.25) is 4.79 Å². The number of hydrogen-bond donors (Lipinski definition) is 1. The van der Waals surface area contributed by atoms with Crippen molar-refractivity contribution >= 4 is 34.7 Å². The summed E-state index contributed by atoms with van der Waals surface area (Å²) in [6.45, 7) is 1.54. The molecule has 0 saturated carbocycles. The van der Waals surface area contributed by atoms with Gasteiger partial charge in [-0.2, -0.15) is 0 Å². The van der Waals surface area contributed by atoms with Crippen molar-refractivity contribution in [1.29, 1.82) is 0 Å². The van der Waals surface area contributed by atoms with Gasteiger partial charge in [-0.1, -0.05) is 36.0 Å². The van der Waals surface area contributed by atoms with E-state index >= 15 is 0 Å². The van der Waals surface area contributed by atoms with Gasteiger partial charge < -0.3 is 15.4 Å². The topological polar surface area (TPSA) is 55.6 Å². The highest BCUT2D eigenvalue weighted by Gasteiger charge is 2.14. The van der Waals surface area contributed by atoms with Crippen LogP contribution < -0.4 is 5.73 Å². The molecule has 0 aromatic heterocycles. The number of ether oxygens (including phenoxy) is 1. The minimum atomic E-state index is 0.0284. The summed E-state index contributed by atoms with van der Waals surface area (Å²) in [5.41, 5.74) is 6.41. The second-order valence-corrected chi connectivity index (χ2v) is 5.35. The lowest BCUT2D eigenvalue weighted by atomic mass is 10.1. The molecule has 0 bridgehead atoms. The van der Waals surface area contributed by atoms with Gasteiger partial charge in [0.15, 0.2) is 0 Å². The smallest absolute Gasteiger partial charge is 0.227 e. The first-order valence-electron chi connectivity index (χ1n) is 6.32. The average molecular weight is 315 g/mol. The molecule has 0 aliphatic heterocycles. The van der Waals surface area contributed by atoms with E-state index in [1.807, 2.05) is 12.1 Å². The molecule has 0 unspecified atom stereocenters. The molecule has 20 heavy (non-hydrogen) atoms. The maximum Gasteiger partial charge on any atom is 0.227 e. The lowest BCUT2D eigenvalue weighted by Crippen LogP contribution is -2.37. The summed E-state index contributed by atoms with van der Waals surface area (Å²) in [4.78, 5) is 14.4. The molecule has 1 aromatic carbocycles. The van der Waals surface area contributed by atoms with Crippen molar-refractivity contribution in [2.75, 3.05) is 26.8 Å². The van der Waals surface area contributed by atoms with Gasteiger partial charge in [-0.15, -0.1) is 0 Å². The van der Waals surface area contributed by atoms with E-state index in [4.69, 9.17) is 34.3 Å². The third-order valence-electron chi connectivity index (χ3n) is 2.81. The molecule has 0 fully saturated rings. The highest BCUT2D eigenvalue weighted by Crippen LogP contribution is 2.11. The summed E-state index contributed by atoms with van der Waals surface area (Å²) in [5, 5.41) is 0.658. The highest BCUT2D eigenvalue weighted by atomic mass is 35.5. The molecule has 0 radical (unpaired) electrons. The lowest BCUT2D eigenvalue weighted by molar-refractivity contribution is -0.131. The number of thiocarbonyl (C=S) groups is 1. The largest absolute Gasteiger partial charge is 0.393 e. The van der Waals surface area contributed by atoms with Gasteiger partial charge in [0.1, 0.15) is 0 Å². The first-order valence-corrected chi connectivity index (χ1v) is 7.11. The zero-order chi connectivity index (χ0) is 15.0. The van der Waals surface area contributed by atoms with Gasteiger partial charge in [0.2, 0.25) is 5.91 Å². The molecule has 0 aliphatic rings. The number of nitrogens with zero attached hydrogens (tertiary/aromatic N) is 1. The zero-order valence-corrected chi connectivity index (χ0v) is 13.0. The van der Waals surface area contributed by atoms with Crippen LogP contribution in [-0.2, 0) is 16.0 Å². The Morgan fingerprint density at radius 2 is 2.00 bits per heavy atom. The van der Waals surface area contributed by atoms with Gasteiger partial charge in [-0.05, 0) is 17.7 Å². The van der Waals surface area contributed by atoms with Crippen molar-refractivity contribution in [2.24, 2.45) is 5.73 Å². The van der Waals surface area contributed by atoms with E-state index in [0.717, 1.165) is 5.56 Å². The summed E-state index contributed by atoms with van der Waals surface area (Å²) in [6.07, 6.45) is 0.851. The summed E-state index contributed by atoms with van der Waals surface area (Å²) in [5.74, 6) is 0.0284. The number of nitrogens with two attached hydrogens (primary N) is 1. The van der Waals surface area contributed by atoms with E-state index in [-0.39, 0.29) is 5.91 Å². The monoisotopic (exact) mass is 314 g/mol. The average Bonchev–Trinajstić information content (AvgIpc) is 2.41. The number of carbonyl (C=O) groups is 1. The Kier molecular flexibility index (Phi) is 7.51. The maximum absolute atomic E-state index is 12.3. The van der Waals surface area contributed by atoms with Gasteiger partial charge in [0.05, 0.1) is 18.0 Å². The number of halogens is 1.